The Morgan fingerprint density at radius 2 is 2.23 bits per heavy atom. The molecule has 1 aliphatic carbocycles. The van der Waals surface area contributed by atoms with Gasteiger partial charge in [0.25, 0.3) is 5.91 Å². The molecule has 0 radical (unpaired) electrons. The lowest BCUT2D eigenvalue weighted by Gasteiger charge is -2.32. The minimum absolute atomic E-state index is 0.110. The molecule has 1 amide bonds. The molecule has 0 saturated carbocycles. The van der Waals surface area contributed by atoms with E-state index in [9.17, 15) is 4.79 Å². The van der Waals surface area contributed by atoms with Crippen LogP contribution in [0.5, 0.6) is 0 Å². The van der Waals surface area contributed by atoms with E-state index in [1.54, 1.807) is 16.7 Å². The molecule has 0 N–H and O–H groups in total. The minimum Gasteiger partial charge on any atom is -0.383 e. The molecular weight excluding hydrogens is 340 g/mol. The van der Waals surface area contributed by atoms with Crippen molar-refractivity contribution in [2.45, 2.75) is 38.3 Å². The Bertz CT molecular complexity index is 773. The summed E-state index contributed by atoms with van der Waals surface area (Å²) in [7, 11) is 1.63. The van der Waals surface area contributed by atoms with Gasteiger partial charge in [-0.1, -0.05) is 5.16 Å². The summed E-state index contributed by atoms with van der Waals surface area (Å²) < 4.78 is 17.9. The average Bonchev–Trinajstić information content (AvgIpc) is 3.33. The van der Waals surface area contributed by atoms with Crippen molar-refractivity contribution in [1.82, 2.24) is 30.3 Å². The predicted octanol–water partition coefficient (Wildman–Crippen LogP) is 0.400. The molecule has 1 atom stereocenters. The molecule has 2 aliphatic rings. The van der Waals surface area contributed by atoms with Gasteiger partial charge in [-0.2, -0.15) is 0 Å². The van der Waals surface area contributed by atoms with Gasteiger partial charge in [0.2, 0.25) is 0 Å². The number of nitrogens with zero attached hydrogens (tertiary/aromatic N) is 6. The first-order valence-corrected chi connectivity index (χ1v) is 8.91. The second-order valence-electron chi connectivity index (χ2n) is 6.50. The monoisotopic (exact) mass is 362 g/mol. The number of hydrogen-bond acceptors (Lipinski definition) is 8. The highest BCUT2D eigenvalue weighted by atomic mass is 16.5. The van der Waals surface area contributed by atoms with Gasteiger partial charge in [0.1, 0.15) is 11.9 Å². The molecule has 1 fully saturated rings. The van der Waals surface area contributed by atoms with Crippen LogP contribution in [0.4, 0.5) is 0 Å². The van der Waals surface area contributed by atoms with Crippen LogP contribution in [-0.4, -0.2) is 69.6 Å². The summed E-state index contributed by atoms with van der Waals surface area (Å²) in [6, 6.07) is 0. The van der Waals surface area contributed by atoms with Crippen molar-refractivity contribution in [2.24, 2.45) is 0 Å². The molecule has 0 aromatic carbocycles. The number of amides is 1. The van der Waals surface area contributed by atoms with Gasteiger partial charge in [-0.15, -0.1) is 5.10 Å². The first kappa shape index (κ1) is 17.1. The van der Waals surface area contributed by atoms with Crippen LogP contribution < -0.4 is 0 Å². The zero-order valence-electron chi connectivity index (χ0n) is 14.8. The summed E-state index contributed by atoms with van der Waals surface area (Å²) in [6.07, 6.45) is 3.48. The highest BCUT2D eigenvalue weighted by molar-refractivity contribution is 5.94. The topological polar surface area (TPSA) is 108 Å². The number of tetrazole rings is 1. The van der Waals surface area contributed by atoms with Crippen molar-refractivity contribution in [3.05, 3.63) is 22.8 Å². The summed E-state index contributed by atoms with van der Waals surface area (Å²) in [5.41, 5.74) is 1.41. The smallest absolute Gasteiger partial charge is 0.276 e. The third-order valence-corrected chi connectivity index (χ3v) is 4.86. The molecule has 4 rings (SSSR count). The van der Waals surface area contributed by atoms with Crippen LogP contribution in [0.3, 0.4) is 0 Å². The number of ether oxygens (including phenoxy) is 2. The fourth-order valence-electron chi connectivity index (χ4n) is 3.47. The van der Waals surface area contributed by atoms with E-state index >= 15 is 0 Å². The standard InChI is InChI=1S/C16H22N6O4/c1-24-8-7-22-15(17-19-20-22)13-10-21(6-9-25-13)16(23)14-11-4-2-3-5-12(11)26-18-14/h13H,2-10H2,1H3/t13-/m0/s1. The van der Waals surface area contributed by atoms with Crippen LogP contribution in [0.25, 0.3) is 0 Å². The van der Waals surface area contributed by atoms with E-state index in [1.165, 1.54) is 0 Å². The summed E-state index contributed by atoms with van der Waals surface area (Å²) in [5.74, 6) is 1.34. The molecule has 0 spiro atoms. The fourth-order valence-corrected chi connectivity index (χ4v) is 3.47. The lowest BCUT2D eigenvalue weighted by molar-refractivity contribution is -0.0295. The zero-order chi connectivity index (χ0) is 17.9. The van der Waals surface area contributed by atoms with Crippen LogP contribution >= 0.6 is 0 Å². The van der Waals surface area contributed by atoms with Crippen molar-refractivity contribution in [2.75, 3.05) is 33.4 Å². The Kier molecular flexibility index (Phi) is 4.93. The predicted molar refractivity (Wildman–Crippen MR) is 87.4 cm³/mol. The van der Waals surface area contributed by atoms with Gasteiger partial charge >= 0.3 is 0 Å². The third kappa shape index (κ3) is 3.21. The highest BCUT2D eigenvalue weighted by Gasteiger charge is 2.33. The van der Waals surface area contributed by atoms with E-state index in [0.29, 0.717) is 44.4 Å². The SMILES string of the molecule is COCCn1nnnc1[C@@H]1CN(C(=O)c2noc3c2CCCC3)CCO1. The molecule has 1 aliphatic heterocycles. The normalized spacial score (nSPS) is 20.2. The molecule has 0 bridgehead atoms. The van der Waals surface area contributed by atoms with Crippen molar-refractivity contribution >= 4 is 5.91 Å². The molecule has 140 valence electrons. The quantitative estimate of drug-likeness (QED) is 0.752. The maximum atomic E-state index is 13.0. The number of rotatable bonds is 5. The van der Waals surface area contributed by atoms with E-state index < -0.39 is 0 Å². The number of morpholine rings is 1. The van der Waals surface area contributed by atoms with Crippen LogP contribution in [-0.2, 0) is 28.9 Å². The number of aromatic nitrogens is 5. The molecule has 2 aromatic rings. The lowest BCUT2D eigenvalue weighted by Crippen LogP contribution is -2.43. The van der Waals surface area contributed by atoms with Gasteiger partial charge in [-0.25, -0.2) is 4.68 Å². The van der Waals surface area contributed by atoms with Gasteiger partial charge in [0.05, 0.1) is 26.3 Å². The molecule has 2 aromatic heterocycles. The second-order valence-corrected chi connectivity index (χ2v) is 6.50. The molecule has 3 heterocycles. The molecule has 10 nitrogen and oxygen atoms in total. The van der Waals surface area contributed by atoms with Crippen molar-refractivity contribution in [3.63, 3.8) is 0 Å². The molecule has 10 heteroatoms. The molecule has 1 saturated heterocycles. The van der Waals surface area contributed by atoms with Crippen LogP contribution in [0.2, 0.25) is 0 Å². The second kappa shape index (κ2) is 7.50. The van der Waals surface area contributed by atoms with Gasteiger partial charge < -0.3 is 18.9 Å². The number of aryl methyl sites for hydroxylation is 1. The summed E-state index contributed by atoms with van der Waals surface area (Å²) in [6.45, 7) is 2.35. The van der Waals surface area contributed by atoms with E-state index in [0.717, 1.165) is 37.0 Å². The number of methoxy groups -OCH3 is 1. The van der Waals surface area contributed by atoms with E-state index in [-0.39, 0.29) is 12.0 Å². The fraction of sp³-hybridized carbons (Fsp3) is 0.688. The maximum absolute atomic E-state index is 13.0. The van der Waals surface area contributed by atoms with Gasteiger partial charge in [-0.3, -0.25) is 4.79 Å². The van der Waals surface area contributed by atoms with Crippen LogP contribution in [0.1, 0.15) is 46.6 Å². The molecule has 26 heavy (non-hydrogen) atoms. The number of carbonyl (C=O) groups is 1. The third-order valence-electron chi connectivity index (χ3n) is 4.86. The van der Waals surface area contributed by atoms with Gasteiger partial charge in [-0.05, 0) is 29.7 Å². The molecular formula is C16H22N6O4. The average molecular weight is 362 g/mol. The van der Waals surface area contributed by atoms with Crippen LogP contribution in [0.15, 0.2) is 4.52 Å². The lowest BCUT2D eigenvalue weighted by atomic mass is 9.96. The van der Waals surface area contributed by atoms with Gasteiger partial charge in [0, 0.05) is 25.6 Å². The summed E-state index contributed by atoms with van der Waals surface area (Å²) >= 11 is 0. The van der Waals surface area contributed by atoms with Crippen molar-refractivity contribution in [1.29, 1.82) is 0 Å². The minimum atomic E-state index is -0.373. The van der Waals surface area contributed by atoms with Crippen molar-refractivity contribution in [3.8, 4) is 0 Å². The Morgan fingerprint density at radius 3 is 3.12 bits per heavy atom. The Morgan fingerprint density at radius 1 is 1.35 bits per heavy atom. The first-order valence-electron chi connectivity index (χ1n) is 8.91. The zero-order valence-corrected chi connectivity index (χ0v) is 14.8. The number of hydrogen-bond donors (Lipinski definition) is 0. The Hall–Kier alpha value is -2.33. The molecule has 0 unspecified atom stereocenters. The number of fused-ring (bicyclic) bond motifs is 1. The Labute approximate surface area is 150 Å². The van der Waals surface area contributed by atoms with Crippen molar-refractivity contribution < 1.29 is 18.8 Å². The maximum Gasteiger partial charge on any atom is 0.276 e. The van der Waals surface area contributed by atoms with E-state index in [2.05, 4.69) is 20.7 Å². The van der Waals surface area contributed by atoms with Crippen LogP contribution in [0, 0.1) is 0 Å². The van der Waals surface area contributed by atoms with E-state index in [1.807, 2.05) is 0 Å². The number of carbonyl (C=O) groups excluding carboxylic acids is 1. The largest absolute Gasteiger partial charge is 0.383 e. The Balaban J connectivity index is 1.49. The van der Waals surface area contributed by atoms with Gasteiger partial charge in [0.15, 0.2) is 11.5 Å². The summed E-state index contributed by atoms with van der Waals surface area (Å²) in [5, 5.41) is 15.8. The summed E-state index contributed by atoms with van der Waals surface area (Å²) in [4.78, 5) is 14.7. The first-order chi connectivity index (χ1) is 12.8. The van der Waals surface area contributed by atoms with E-state index in [4.69, 9.17) is 14.0 Å². The highest BCUT2D eigenvalue weighted by Crippen LogP contribution is 2.27.